The van der Waals surface area contributed by atoms with E-state index in [0.29, 0.717) is 23.4 Å². The average molecular weight is 470 g/mol. The highest BCUT2D eigenvalue weighted by Crippen LogP contribution is 2.38. The molecule has 1 amide bonds. The first-order valence-corrected chi connectivity index (χ1v) is 9.67. The Labute approximate surface area is 191 Å². The molecule has 0 atom stereocenters. The van der Waals surface area contributed by atoms with Gasteiger partial charge in [-0.3, -0.25) is 14.9 Å². The van der Waals surface area contributed by atoms with Gasteiger partial charge in [0.05, 0.1) is 10.5 Å². The highest BCUT2D eigenvalue weighted by atomic mass is 19.4. The number of carbonyl (C=O) groups excluding carboxylic acids is 1. The summed E-state index contributed by atoms with van der Waals surface area (Å²) in [6, 6.07) is 11.9. The predicted molar refractivity (Wildman–Crippen MR) is 116 cm³/mol. The summed E-state index contributed by atoms with van der Waals surface area (Å²) in [7, 11) is 0. The van der Waals surface area contributed by atoms with E-state index in [2.05, 4.69) is 0 Å². The maximum Gasteiger partial charge on any atom is 0.416 e. The lowest BCUT2D eigenvalue weighted by molar-refractivity contribution is -0.385. The number of hydrogen-bond acceptors (Lipinski definition) is 5. The number of aryl methyl sites for hydroxylation is 1. The lowest BCUT2D eigenvalue weighted by atomic mass is 10.1. The molecule has 0 bridgehead atoms. The van der Waals surface area contributed by atoms with Gasteiger partial charge in [-0.15, -0.1) is 0 Å². The summed E-state index contributed by atoms with van der Waals surface area (Å²) in [5.74, 6) is -0.997. The number of nitro groups is 1. The van der Waals surface area contributed by atoms with Crippen LogP contribution in [-0.4, -0.2) is 15.4 Å². The van der Waals surface area contributed by atoms with Crippen molar-refractivity contribution in [2.75, 3.05) is 0 Å². The standard InChI is InChI=1S/C23H17F3N4O4/c1-13-9-15(10-16(12-27)22(28)31)14(2)29(13)18-4-6-19(7-5-18)34-21-8-3-17(23(24,25)26)11-20(21)30(32)33/h3-11H,1-2H3,(H2,28,31)/b16-10+. The first-order valence-electron chi connectivity index (χ1n) is 9.67. The van der Waals surface area contributed by atoms with Crippen LogP contribution >= 0.6 is 0 Å². The van der Waals surface area contributed by atoms with Crippen LogP contribution in [0.1, 0.15) is 22.5 Å². The Kier molecular flexibility index (Phi) is 6.45. The van der Waals surface area contributed by atoms with E-state index in [4.69, 9.17) is 15.7 Å². The first kappa shape index (κ1) is 24.1. The van der Waals surface area contributed by atoms with Crippen LogP contribution in [0.25, 0.3) is 11.8 Å². The molecule has 2 aromatic carbocycles. The number of ether oxygens (including phenoxy) is 1. The van der Waals surface area contributed by atoms with Crippen LogP contribution in [-0.2, 0) is 11.0 Å². The van der Waals surface area contributed by atoms with Gasteiger partial charge in [0.25, 0.3) is 5.91 Å². The summed E-state index contributed by atoms with van der Waals surface area (Å²) in [6.45, 7) is 3.60. The molecule has 0 saturated heterocycles. The minimum Gasteiger partial charge on any atom is -0.450 e. The molecule has 8 nitrogen and oxygen atoms in total. The van der Waals surface area contributed by atoms with Crippen molar-refractivity contribution in [3.8, 4) is 23.3 Å². The van der Waals surface area contributed by atoms with Gasteiger partial charge in [0.1, 0.15) is 17.4 Å². The zero-order chi connectivity index (χ0) is 25.2. The zero-order valence-electron chi connectivity index (χ0n) is 17.9. The predicted octanol–water partition coefficient (Wildman–Crippen LogP) is 5.21. The molecule has 0 aliphatic heterocycles. The SMILES string of the molecule is Cc1cc(/C=C(\C#N)C(N)=O)c(C)n1-c1ccc(Oc2ccc(C(F)(F)F)cc2[N+](=O)[O-])cc1. The average Bonchev–Trinajstić information content (AvgIpc) is 3.04. The second kappa shape index (κ2) is 9.11. The fraction of sp³-hybridized carbons (Fsp3) is 0.130. The summed E-state index contributed by atoms with van der Waals surface area (Å²) in [5, 5.41) is 20.3. The molecule has 0 saturated carbocycles. The van der Waals surface area contributed by atoms with Crippen molar-refractivity contribution in [3.63, 3.8) is 0 Å². The van der Waals surface area contributed by atoms with Crippen LogP contribution in [0.5, 0.6) is 11.5 Å². The molecule has 0 spiro atoms. The number of primary amides is 1. The molecular formula is C23H17F3N4O4. The van der Waals surface area contributed by atoms with Gasteiger partial charge < -0.3 is 15.0 Å². The van der Waals surface area contributed by atoms with Gasteiger partial charge in [0.2, 0.25) is 5.75 Å². The van der Waals surface area contributed by atoms with Crippen LogP contribution in [0.4, 0.5) is 18.9 Å². The number of hydrogen-bond donors (Lipinski definition) is 1. The number of amides is 1. The molecule has 0 aliphatic carbocycles. The molecule has 3 aromatic rings. The van der Waals surface area contributed by atoms with Crippen molar-refractivity contribution in [1.29, 1.82) is 5.26 Å². The fourth-order valence-electron chi connectivity index (χ4n) is 3.36. The van der Waals surface area contributed by atoms with Crippen LogP contribution in [0, 0.1) is 35.3 Å². The summed E-state index contributed by atoms with van der Waals surface area (Å²) >= 11 is 0. The lowest BCUT2D eigenvalue weighted by Crippen LogP contribution is -2.12. The van der Waals surface area contributed by atoms with Crippen LogP contribution < -0.4 is 10.5 Å². The molecule has 34 heavy (non-hydrogen) atoms. The highest BCUT2D eigenvalue weighted by molar-refractivity contribution is 6.00. The van der Waals surface area contributed by atoms with Gasteiger partial charge in [0.15, 0.2) is 0 Å². The molecule has 0 unspecified atom stereocenters. The van der Waals surface area contributed by atoms with Crippen molar-refractivity contribution in [3.05, 3.63) is 86.7 Å². The fourth-order valence-corrected chi connectivity index (χ4v) is 3.36. The molecule has 1 aromatic heterocycles. The van der Waals surface area contributed by atoms with E-state index in [9.17, 15) is 28.1 Å². The van der Waals surface area contributed by atoms with Gasteiger partial charge in [0, 0.05) is 23.1 Å². The summed E-state index contributed by atoms with van der Waals surface area (Å²) < 4.78 is 46.0. The number of aromatic nitrogens is 1. The first-order chi connectivity index (χ1) is 15.9. The van der Waals surface area contributed by atoms with Crippen molar-refractivity contribution in [2.45, 2.75) is 20.0 Å². The van der Waals surface area contributed by atoms with Crippen molar-refractivity contribution in [1.82, 2.24) is 4.57 Å². The van der Waals surface area contributed by atoms with E-state index in [1.54, 1.807) is 31.2 Å². The van der Waals surface area contributed by atoms with E-state index in [1.807, 2.05) is 11.5 Å². The second-order valence-electron chi connectivity index (χ2n) is 7.23. The number of benzene rings is 2. The zero-order valence-corrected chi connectivity index (χ0v) is 17.9. The van der Waals surface area contributed by atoms with Crippen molar-refractivity contribution < 1.29 is 27.6 Å². The number of carbonyl (C=O) groups is 1. The molecule has 0 aliphatic rings. The Bertz CT molecular complexity index is 1350. The Hall–Kier alpha value is -4.59. The monoisotopic (exact) mass is 470 g/mol. The Morgan fingerprint density at radius 2 is 1.82 bits per heavy atom. The van der Waals surface area contributed by atoms with E-state index >= 15 is 0 Å². The minimum absolute atomic E-state index is 0.176. The quantitative estimate of drug-likeness (QED) is 0.229. The summed E-state index contributed by atoms with van der Waals surface area (Å²) in [4.78, 5) is 21.6. The number of nitrogens with zero attached hydrogens (tertiary/aromatic N) is 3. The smallest absolute Gasteiger partial charge is 0.416 e. The van der Waals surface area contributed by atoms with Crippen LogP contribution in [0.2, 0.25) is 0 Å². The van der Waals surface area contributed by atoms with Crippen molar-refractivity contribution in [2.24, 2.45) is 5.73 Å². The molecule has 1 heterocycles. The minimum atomic E-state index is -4.73. The molecule has 174 valence electrons. The number of nitriles is 1. The van der Waals surface area contributed by atoms with Gasteiger partial charge in [-0.05, 0) is 68.0 Å². The third-order valence-corrected chi connectivity index (χ3v) is 4.96. The van der Waals surface area contributed by atoms with Gasteiger partial charge >= 0.3 is 11.9 Å². The van der Waals surface area contributed by atoms with Crippen LogP contribution in [0.15, 0.2) is 54.1 Å². The molecule has 0 fully saturated rings. The molecule has 2 N–H and O–H groups in total. The highest BCUT2D eigenvalue weighted by Gasteiger charge is 2.33. The number of nitrogens with two attached hydrogens (primary N) is 1. The third-order valence-electron chi connectivity index (χ3n) is 4.96. The topological polar surface area (TPSA) is 124 Å². The lowest BCUT2D eigenvalue weighted by Gasteiger charge is -2.12. The Balaban J connectivity index is 1.92. The Morgan fingerprint density at radius 3 is 2.35 bits per heavy atom. The largest absolute Gasteiger partial charge is 0.450 e. The normalized spacial score (nSPS) is 11.7. The van der Waals surface area contributed by atoms with Crippen molar-refractivity contribution >= 4 is 17.7 Å². The molecule has 0 radical (unpaired) electrons. The number of nitro benzene ring substituents is 1. The molecule has 11 heteroatoms. The van der Waals surface area contributed by atoms with E-state index in [-0.39, 0.29) is 17.1 Å². The van der Waals surface area contributed by atoms with Gasteiger partial charge in [-0.25, -0.2) is 0 Å². The number of rotatable bonds is 6. The van der Waals surface area contributed by atoms with E-state index in [0.717, 1.165) is 17.5 Å². The van der Waals surface area contributed by atoms with E-state index in [1.165, 1.54) is 18.2 Å². The Morgan fingerprint density at radius 1 is 1.18 bits per heavy atom. The maximum absolute atomic E-state index is 12.9. The van der Waals surface area contributed by atoms with E-state index < -0.39 is 28.3 Å². The third kappa shape index (κ3) is 4.91. The molecular weight excluding hydrogens is 453 g/mol. The second-order valence-corrected chi connectivity index (χ2v) is 7.23. The number of halogens is 3. The maximum atomic E-state index is 12.9. The summed E-state index contributed by atoms with van der Waals surface area (Å²) in [5.41, 5.74) is 5.85. The number of alkyl halides is 3. The summed E-state index contributed by atoms with van der Waals surface area (Å²) in [6.07, 6.45) is -3.33. The van der Waals surface area contributed by atoms with Gasteiger partial charge in [-0.2, -0.15) is 18.4 Å². The van der Waals surface area contributed by atoms with Gasteiger partial charge in [-0.1, -0.05) is 0 Å². The molecule has 3 rings (SSSR count). The van der Waals surface area contributed by atoms with Crippen LogP contribution in [0.3, 0.4) is 0 Å².